The Hall–Kier alpha value is -2.82. The molecule has 1 N–H and O–H groups in total. The van der Waals surface area contributed by atoms with Gasteiger partial charge in [0.25, 0.3) is 5.91 Å². The van der Waals surface area contributed by atoms with E-state index in [1.54, 1.807) is 36.4 Å². The summed E-state index contributed by atoms with van der Waals surface area (Å²) in [4.78, 5) is 23.4. The van der Waals surface area contributed by atoms with Crippen molar-refractivity contribution >= 4 is 17.4 Å². The normalized spacial score (nSPS) is 16.0. The van der Waals surface area contributed by atoms with Crippen LogP contribution in [0, 0.1) is 0 Å². The molecule has 0 bridgehead atoms. The number of Topliss-reactive ketones (excluding diaryl/α,β-unsaturated/α-hetero) is 1. The van der Waals surface area contributed by atoms with Crippen LogP contribution in [0.15, 0.2) is 48.5 Å². The zero-order valence-electron chi connectivity index (χ0n) is 12.0. The Morgan fingerprint density at radius 3 is 2.41 bits per heavy atom. The fourth-order valence-electron chi connectivity index (χ4n) is 2.16. The Kier molecular flexibility index (Phi) is 3.78. The number of hydrogen-bond donors (Lipinski definition) is 1. The quantitative estimate of drug-likeness (QED) is 0.885. The number of carbonyl (C=O) groups is 2. The summed E-state index contributed by atoms with van der Waals surface area (Å²) >= 11 is 0. The van der Waals surface area contributed by atoms with Crippen molar-refractivity contribution in [1.29, 1.82) is 0 Å². The van der Waals surface area contributed by atoms with Crippen LogP contribution in [0.4, 0.5) is 5.69 Å². The van der Waals surface area contributed by atoms with Crippen molar-refractivity contribution in [1.82, 2.24) is 0 Å². The van der Waals surface area contributed by atoms with Gasteiger partial charge in [-0.1, -0.05) is 12.1 Å². The largest absolute Gasteiger partial charge is 0.485 e. The standard InChI is InChI=1S/C17H15NO4/c1-11(19)12-6-8-13(9-7-12)18-17(20)16-10-21-14-4-2-3-5-15(14)22-16/h2-9,16H,10H2,1H3,(H,18,20). The highest BCUT2D eigenvalue weighted by Crippen LogP contribution is 2.31. The number of anilines is 1. The first-order valence-electron chi connectivity index (χ1n) is 6.94. The first kappa shape index (κ1) is 14.1. The van der Waals surface area contributed by atoms with E-state index in [-0.39, 0.29) is 18.3 Å². The zero-order valence-corrected chi connectivity index (χ0v) is 12.0. The van der Waals surface area contributed by atoms with E-state index in [4.69, 9.17) is 9.47 Å². The maximum Gasteiger partial charge on any atom is 0.269 e. The molecule has 5 heteroatoms. The van der Waals surface area contributed by atoms with Gasteiger partial charge in [-0.15, -0.1) is 0 Å². The molecule has 1 amide bonds. The average molecular weight is 297 g/mol. The highest BCUT2D eigenvalue weighted by Gasteiger charge is 2.27. The molecule has 1 aliphatic heterocycles. The number of rotatable bonds is 3. The topological polar surface area (TPSA) is 64.6 Å². The van der Waals surface area contributed by atoms with Gasteiger partial charge in [0, 0.05) is 11.3 Å². The van der Waals surface area contributed by atoms with E-state index in [9.17, 15) is 9.59 Å². The number of amides is 1. The lowest BCUT2D eigenvalue weighted by Gasteiger charge is -2.25. The monoisotopic (exact) mass is 297 g/mol. The molecular weight excluding hydrogens is 282 g/mol. The summed E-state index contributed by atoms with van der Waals surface area (Å²) < 4.78 is 11.2. The first-order valence-corrected chi connectivity index (χ1v) is 6.94. The van der Waals surface area contributed by atoms with Crippen LogP contribution >= 0.6 is 0 Å². The molecule has 1 heterocycles. The molecule has 22 heavy (non-hydrogen) atoms. The molecular formula is C17H15NO4. The van der Waals surface area contributed by atoms with Crippen LogP contribution in [0.25, 0.3) is 0 Å². The second kappa shape index (κ2) is 5.89. The maximum absolute atomic E-state index is 12.2. The van der Waals surface area contributed by atoms with E-state index < -0.39 is 6.10 Å². The smallest absolute Gasteiger partial charge is 0.269 e. The number of benzene rings is 2. The third-order valence-corrected chi connectivity index (χ3v) is 3.36. The van der Waals surface area contributed by atoms with Crippen LogP contribution in [0.2, 0.25) is 0 Å². The Balaban J connectivity index is 1.66. The van der Waals surface area contributed by atoms with Crippen LogP contribution in [0.1, 0.15) is 17.3 Å². The summed E-state index contributed by atoms with van der Waals surface area (Å²) in [5.74, 6) is 0.891. The van der Waals surface area contributed by atoms with Gasteiger partial charge in [-0.25, -0.2) is 0 Å². The Bertz CT molecular complexity index is 709. The van der Waals surface area contributed by atoms with Crippen molar-refractivity contribution in [3.8, 4) is 11.5 Å². The third kappa shape index (κ3) is 2.93. The second-order valence-electron chi connectivity index (χ2n) is 4.99. The van der Waals surface area contributed by atoms with Gasteiger partial charge in [-0.3, -0.25) is 9.59 Å². The van der Waals surface area contributed by atoms with Crippen LogP contribution < -0.4 is 14.8 Å². The average Bonchev–Trinajstić information content (AvgIpc) is 2.55. The Labute approximate surface area is 127 Å². The number of ether oxygens (including phenoxy) is 2. The van der Waals surface area contributed by atoms with E-state index in [0.717, 1.165) is 0 Å². The molecule has 1 atom stereocenters. The summed E-state index contributed by atoms with van der Waals surface area (Å²) in [5.41, 5.74) is 1.21. The van der Waals surface area contributed by atoms with E-state index in [1.807, 2.05) is 12.1 Å². The van der Waals surface area contributed by atoms with Gasteiger partial charge in [-0.05, 0) is 43.3 Å². The molecule has 3 rings (SSSR count). The van der Waals surface area contributed by atoms with Crippen LogP contribution in [0.5, 0.6) is 11.5 Å². The van der Waals surface area contributed by atoms with Crippen molar-refractivity contribution < 1.29 is 19.1 Å². The minimum atomic E-state index is -0.706. The van der Waals surface area contributed by atoms with Crippen molar-refractivity contribution in [3.63, 3.8) is 0 Å². The van der Waals surface area contributed by atoms with Crippen LogP contribution in [-0.4, -0.2) is 24.4 Å². The van der Waals surface area contributed by atoms with Crippen molar-refractivity contribution in [2.45, 2.75) is 13.0 Å². The van der Waals surface area contributed by atoms with E-state index in [2.05, 4.69) is 5.32 Å². The molecule has 0 fully saturated rings. The minimum absolute atomic E-state index is 0.0153. The Morgan fingerprint density at radius 2 is 1.73 bits per heavy atom. The molecule has 112 valence electrons. The lowest BCUT2D eigenvalue weighted by molar-refractivity contribution is -0.125. The fraction of sp³-hybridized carbons (Fsp3) is 0.176. The molecule has 0 aliphatic carbocycles. The third-order valence-electron chi connectivity index (χ3n) is 3.36. The first-order chi connectivity index (χ1) is 10.6. The lowest BCUT2D eigenvalue weighted by Crippen LogP contribution is -2.40. The van der Waals surface area contributed by atoms with Gasteiger partial charge in [0.2, 0.25) is 6.10 Å². The van der Waals surface area contributed by atoms with Gasteiger partial charge >= 0.3 is 0 Å². The second-order valence-corrected chi connectivity index (χ2v) is 4.99. The number of para-hydroxylation sites is 2. The molecule has 1 unspecified atom stereocenters. The predicted molar refractivity (Wildman–Crippen MR) is 81.4 cm³/mol. The van der Waals surface area contributed by atoms with Gasteiger partial charge in [-0.2, -0.15) is 0 Å². The van der Waals surface area contributed by atoms with Crippen molar-refractivity contribution in [3.05, 3.63) is 54.1 Å². The number of carbonyl (C=O) groups excluding carboxylic acids is 2. The number of ketones is 1. The SMILES string of the molecule is CC(=O)c1ccc(NC(=O)C2COc3ccccc3O2)cc1. The van der Waals surface area contributed by atoms with Crippen LogP contribution in [0.3, 0.4) is 0 Å². The molecule has 0 aromatic heterocycles. The molecule has 0 spiro atoms. The molecule has 1 aliphatic rings. The van der Waals surface area contributed by atoms with E-state index in [0.29, 0.717) is 22.7 Å². The van der Waals surface area contributed by atoms with Crippen molar-refractivity contribution in [2.75, 3.05) is 11.9 Å². The summed E-state index contributed by atoms with van der Waals surface area (Å²) in [6, 6.07) is 13.9. The number of nitrogens with one attached hydrogen (secondary N) is 1. The molecule has 2 aromatic rings. The van der Waals surface area contributed by atoms with Gasteiger partial charge < -0.3 is 14.8 Å². The van der Waals surface area contributed by atoms with Gasteiger partial charge in [0.1, 0.15) is 6.61 Å². The van der Waals surface area contributed by atoms with E-state index in [1.165, 1.54) is 6.92 Å². The maximum atomic E-state index is 12.2. The Morgan fingerprint density at radius 1 is 1.05 bits per heavy atom. The van der Waals surface area contributed by atoms with Gasteiger partial charge in [0.15, 0.2) is 17.3 Å². The number of fused-ring (bicyclic) bond motifs is 1. The fourth-order valence-corrected chi connectivity index (χ4v) is 2.16. The van der Waals surface area contributed by atoms with Crippen LogP contribution in [-0.2, 0) is 4.79 Å². The molecule has 0 saturated heterocycles. The highest BCUT2D eigenvalue weighted by atomic mass is 16.6. The van der Waals surface area contributed by atoms with Crippen molar-refractivity contribution in [2.24, 2.45) is 0 Å². The molecule has 0 radical (unpaired) electrons. The predicted octanol–water partition coefficient (Wildman–Crippen LogP) is 2.67. The zero-order chi connectivity index (χ0) is 15.5. The lowest BCUT2D eigenvalue weighted by atomic mass is 10.1. The molecule has 2 aromatic carbocycles. The molecule has 0 saturated carbocycles. The van der Waals surface area contributed by atoms with E-state index >= 15 is 0 Å². The molecule has 5 nitrogen and oxygen atoms in total. The van der Waals surface area contributed by atoms with Gasteiger partial charge in [0.05, 0.1) is 0 Å². The highest BCUT2D eigenvalue weighted by molar-refractivity contribution is 5.97. The summed E-state index contributed by atoms with van der Waals surface area (Å²) in [6.45, 7) is 1.66. The summed E-state index contributed by atoms with van der Waals surface area (Å²) in [5, 5.41) is 2.75. The number of hydrogen-bond acceptors (Lipinski definition) is 4. The summed E-state index contributed by atoms with van der Waals surface area (Å²) in [7, 11) is 0. The summed E-state index contributed by atoms with van der Waals surface area (Å²) in [6.07, 6.45) is -0.706. The minimum Gasteiger partial charge on any atom is -0.485 e.